The number of rotatable bonds is 6. The van der Waals surface area contributed by atoms with Crippen LogP contribution < -0.4 is 0 Å². The van der Waals surface area contributed by atoms with Crippen molar-refractivity contribution in [3.63, 3.8) is 0 Å². The highest BCUT2D eigenvalue weighted by Gasteiger charge is 2.15. The van der Waals surface area contributed by atoms with Gasteiger partial charge in [-0.05, 0) is 23.3 Å². The van der Waals surface area contributed by atoms with E-state index in [1.807, 2.05) is 12.1 Å². The van der Waals surface area contributed by atoms with Gasteiger partial charge in [0.1, 0.15) is 17.2 Å². The summed E-state index contributed by atoms with van der Waals surface area (Å²) in [6, 6.07) is 10.6. The zero-order chi connectivity index (χ0) is 18.9. The minimum atomic E-state index is -0.633. The fraction of sp³-hybridized carbons (Fsp3) is 0.0952. The summed E-state index contributed by atoms with van der Waals surface area (Å²) in [4.78, 5) is 12.0. The molecule has 0 N–H and O–H groups in total. The first-order valence-corrected chi connectivity index (χ1v) is 7.77. The molecule has 0 aromatic heterocycles. The Morgan fingerprint density at radius 1 is 0.962 bits per heavy atom. The lowest BCUT2D eigenvalue weighted by Gasteiger charge is -2.08. The second-order valence-electron chi connectivity index (χ2n) is 5.23. The maximum absolute atomic E-state index is 13.6. The number of carbonyl (C=O) groups excluding carboxylic acids is 1. The second-order valence-corrected chi connectivity index (χ2v) is 5.23. The highest BCUT2D eigenvalue weighted by molar-refractivity contribution is 6.17. The number of esters is 1. The van der Waals surface area contributed by atoms with Gasteiger partial charge in [-0.15, -0.1) is 0 Å². The first kappa shape index (κ1) is 19.1. The van der Waals surface area contributed by atoms with Crippen molar-refractivity contribution in [2.75, 3.05) is 14.2 Å². The van der Waals surface area contributed by atoms with Gasteiger partial charge < -0.3 is 9.47 Å². The molecular formula is C21H18F2O3. The Morgan fingerprint density at radius 2 is 1.65 bits per heavy atom. The van der Waals surface area contributed by atoms with Gasteiger partial charge in [0.25, 0.3) is 0 Å². The van der Waals surface area contributed by atoms with Crippen molar-refractivity contribution in [2.45, 2.75) is 0 Å². The Morgan fingerprint density at radius 3 is 2.31 bits per heavy atom. The Bertz CT molecular complexity index is 867. The van der Waals surface area contributed by atoms with Crippen LogP contribution in [0.1, 0.15) is 16.7 Å². The van der Waals surface area contributed by atoms with E-state index in [2.05, 4.69) is 0 Å². The molecule has 134 valence electrons. The number of halogens is 2. The molecule has 0 heterocycles. The van der Waals surface area contributed by atoms with Crippen LogP contribution >= 0.6 is 0 Å². The lowest BCUT2D eigenvalue weighted by Crippen LogP contribution is -2.05. The van der Waals surface area contributed by atoms with Crippen LogP contribution in [0.25, 0.3) is 17.7 Å². The molecule has 0 atom stereocenters. The van der Waals surface area contributed by atoms with Crippen LogP contribution in [0.2, 0.25) is 0 Å². The van der Waals surface area contributed by atoms with Gasteiger partial charge in [-0.25, -0.2) is 13.6 Å². The summed E-state index contributed by atoms with van der Waals surface area (Å²) in [6.07, 6.45) is 7.94. The van der Waals surface area contributed by atoms with E-state index in [1.54, 1.807) is 30.4 Å². The molecule has 0 radical (unpaired) electrons. The van der Waals surface area contributed by atoms with E-state index in [1.165, 1.54) is 38.7 Å². The average Bonchev–Trinajstić information content (AvgIpc) is 2.64. The van der Waals surface area contributed by atoms with Crippen LogP contribution in [0.15, 0.2) is 60.9 Å². The lowest BCUT2D eigenvalue weighted by molar-refractivity contribution is -0.133. The fourth-order valence-electron chi connectivity index (χ4n) is 2.29. The quantitative estimate of drug-likeness (QED) is 0.321. The van der Waals surface area contributed by atoms with Crippen molar-refractivity contribution < 1.29 is 23.0 Å². The number of hydrogen-bond donors (Lipinski definition) is 0. The molecule has 0 saturated heterocycles. The summed E-state index contributed by atoms with van der Waals surface area (Å²) in [5, 5.41) is 0. The van der Waals surface area contributed by atoms with Crippen LogP contribution in [0.5, 0.6) is 0 Å². The van der Waals surface area contributed by atoms with Crippen LogP contribution in [0, 0.1) is 11.6 Å². The van der Waals surface area contributed by atoms with Crippen molar-refractivity contribution in [3.05, 3.63) is 89.2 Å². The zero-order valence-corrected chi connectivity index (χ0v) is 14.4. The molecule has 2 aromatic rings. The predicted molar refractivity (Wildman–Crippen MR) is 97.9 cm³/mol. The maximum Gasteiger partial charge on any atom is 0.341 e. The first-order chi connectivity index (χ1) is 12.6. The van der Waals surface area contributed by atoms with E-state index in [9.17, 15) is 13.6 Å². The van der Waals surface area contributed by atoms with E-state index in [0.29, 0.717) is 5.56 Å². The standard InChI is InChI=1S/C21H18F2O3/c1-25-14-19(21(24)26-2)18-10-6-5-8-15(18)7-3-4-9-16-11-12-17(22)13-20(16)23/h3-14H,1-2H3/b7-3+,9-4+,19-14+. The van der Waals surface area contributed by atoms with Gasteiger partial charge in [0, 0.05) is 11.6 Å². The molecule has 0 bridgehead atoms. The highest BCUT2D eigenvalue weighted by atomic mass is 19.1. The van der Waals surface area contributed by atoms with Crippen LogP contribution in [-0.2, 0) is 14.3 Å². The third kappa shape index (κ3) is 4.89. The summed E-state index contributed by atoms with van der Waals surface area (Å²) in [5.41, 5.74) is 1.95. The van der Waals surface area contributed by atoms with Crippen LogP contribution in [0.4, 0.5) is 8.78 Å². The zero-order valence-electron chi connectivity index (χ0n) is 14.4. The van der Waals surface area contributed by atoms with Gasteiger partial charge >= 0.3 is 5.97 Å². The van der Waals surface area contributed by atoms with Crippen LogP contribution in [0.3, 0.4) is 0 Å². The average molecular weight is 356 g/mol. The molecule has 0 amide bonds. The summed E-state index contributed by atoms with van der Waals surface area (Å²) >= 11 is 0. The molecule has 0 aliphatic heterocycles. The molecular weight excluding hydrogens is 338 g/mol. The number of hydrogen-bond acceptors (Lipinski definition) is 3. The largest absolute Gasteiger partial charge is 0.503 e. The number of benzene rings is 2. The molecule has 2 rings (SSSR count). The molecule has 0 fully saturated rings. The Hall–Kier alpha value is -3.21. The molecule has 26 heavy (non-hydrogen) atoms. The third-order valence-electron chi connectivity index (χ3n) is 3.52. The second kappa shape index (κ2) is 9.32. The number of carbonyl (C=O) groups is 1. The predicted octanol–water partition coefficient (Wildman–Crippen LogP) is 4.85. The van der Waals surface area contributed by atoms with E-state index in [4.69, 9.17) is 9.47 Å². The lowest BCUT2D eigenvalue weighted by atomic mass is 10.00. The van der Waals surface area contributed by atoms with Crippen molar-refractivity contribution in [2.24, 2.45) is 0 Å². The molecule has 0 saturated carbocycles. The fourth-order valence-corrected chi connectivity index (χ4v) is 2.29. The molecule has 0 aliphatic carbocycles. The summed E-state index contributed by atoms with van der Waals surface area (Å²) in [7, 11) is 2.74. The summed E-state index contributed by atoms with van der Waals surface area (Å²) < 4.78 is 36.3. The molecule has 5 heteroatoms. The smallest absolute Gasteiger partial charge is 0.341 e. The van der Waals surface area contributed by atoms with Crippen LogP contribution in [-0.4, -0.2) is 20.2 Å². The van der Waals surface area contributed by atoms with Crippen molar-refractivity contribution >= 4 is 23.7 Å². The molecule has 0 spiro atoms. The Balaban J connectivity index is 2.27. The van der Waals surface area contributed by atoms with Gasteiger partial charge in [0.05, 0.1) is 20.5 Å². The van der Waals surface area contributed by atoms with Crippen molar-refractivity contribution in [1.82, 2.24) is 0 Å². The Kier molecular flexibility index (Phi) is 6.85. The topological polar surface area (TPSA) is 35.5 Å². The maximum atomic E-state index is 13.6. The number of ether oxygens (including phenoxy) is 2. The van der Waals surface area contributed by atoms with Crippen molar-refractivity contribution in [1.29, 1.82) is 0 Å². The molecule has 0 aliphatic rings. The number of allylic oxidation sites excluding steroid dienone is 2. The normalized spacial score (nSPS) is 11.9. The van der Waals surface area contributed by atoms with Gasteiger partial charge in [0.2, 0.25) is 0 Å². The number of methoxy groups -OCH3 is 2. The molecule has 2 aromatic carbocycles. The summed E-state index contributed by atoms with van der Waals surface area (Å²) in [5.74, 6) is -1.77. The Labute approximate surface area is 150 Å². The minimum absolute atomic E-state index is 0.277. The minimum Gasteiger partial charge on any atom is -0.503 e. The summed E-state index contributed by atoms with van der Waals surface area (Å²) in [6.45, 7) is 0. The van der Waals surface area contributed by atoms with E-state index in [-0.39, 0.29) is 11.1 Å². The van der Waals surface area contributed by atoms with E-state index in [0.717, 1.165) is 11.6 Å². The third-order valence-corrected chi connectivity index (χ3v) is 3.52. The SMILES string of the molecule is CO/C=C(/C(=O)OC)c1ccccc1/C=C/C=C/c1ccc(F)cc1F. The van der Waals surface area contributed by atoms with Crippen molar-refractivity contribution in [3.8, 4) is 0 Å². The van der Waals surface area contributed by atoms with E-state index < -0.39 is 17.6 Å². The molecule has 0 unspecified atom stereocenters. The van der Waals surface area contributed by atoms with Gasteiger partial charge in [-0.1, -0.05) is 48.6 Å². The highest BCUT2D eigenvalue weighted by Crippen LogP contribution is 2.22. The van der Waals surface area contributed by atoms with Gasteiger partial charge in [0.15, 0.2) is 0 Å². The monoisotopic (exact) mass is 356 g/mol. The van der Waals surface area contributed by atoms with Gasteiger partial charge in [-0.2, -0.15) is 0 Å². The van der Waals surface area contributed by atoms with Gasteiger partial charge in [-0.3, -0.25) is 0 Å². The van der Waals surface area contributed by atoms with E-state index >= 15 is 0 Å². The molecule has 3 nitrogen and oxygen atoms in total. The first-order valence-electron chi connectivity index (χ1n) is 7.77.